The summed E-state index contributed by atoms with van der Waals surface area (Å²) in [5.41, 5.74) is 9.07. The van der Waals surface area contributed by atoms with Gasteiger partial charge in [-0.2, -0.15) is 0 Å². The lowest BCUT2D eigenvalue weighted by Gasteiger charge is -2.52. The third-order valence-corrected chi connectivity index (χ3v) is 12.6. The van der Waals surface area contributed by atoms with Gasteiger partial charge in [-0.3, -0.25) is 0 Å². The smallest absolute Gasteiger partial charge is 0.178 e. The Kier molecular flexibility index (Phi) is 7.18. The van der Waals surface area contributed by atoms with Gasteiger partial charge in [-0.25, -0.2) is 0 Å². The van der Waals surface area contributed by atoms with Gasteiger partial charge in [-0.15, -0.1) is 0 Å². The van der Waals surface area contributed by atoms with E-state index in [1.807, 2.05) is 30.3 Å². The summed E-state index contributed by atoms with van der Waals surface area (Å²) in [6, 6.07) is 36.2. The van der Waals surface area contributed by atoms with Gasteiger partial charge in [0, 0.05) is 43.7 Å². The Balaban J connectivity index is 1.39. The second-order valence-corrected chi connectivity index (χ2v) is 17.4. The van der Waals surface area contributed by atoms with Gasteiger partial charge in [0.25, 0.3) is 0 Å². The number of methoxy groups -OCH3 is 3. The lowest BCUT2D eigenvalue weighted by molar-refractivity contribution is 0.0642. The zero-order valence-corrected chi connectivity index (χ0v) is 32.6. The molecule has 1 fully saturated rings. The van der Waals surface area contributed by atoms with E-state index in [1.54, 1.807) is 21.3 Å². The predicted molar refractivity (Wildman–Crippen MR) is 222 cm³/mol. The van der Waals surface area contributed by atoms with E-state index in [4.69, 9.17) is 23.4 Å². The molecule has 0 unspecified atom stereocenters. The predicted octanol–water partition coefficient (Wildman–Crippen LogP) is 12.6. The zero-order valence-electron chi connectivity index (χ0n) is 32.6. The molecule has 2 heterocycles. The van der Waals surface area contributed by atoms with E-state index in [1.165, 1.54) is 22.3 Å². The molecule has 6 aromatic carbocycles. The molecule has 0 amide bonds. The highest BCUT2D eigenvalue weighted by atomic mass is 16.5. The van der Waals surface area contributed by atoms with Crippen LogP contribution in [0.25, 0.3) is 49.9 Å². The van der Waals surface area contributed by atoms with Gasteiger partial charge in [-0.05, 0) is 94.8 Å². The lowest BCUT2D eigenvalue weighted by atomic mass is 9.52. The fraction of sp³-hybridized carbons (Fsp3) is 0.280. The normalized spacial score (nSPS) is 18.2. The summed E-state index contributed by atoms with van der Waals surface area (Å²) in [6.45, 7) is 9.84. The molecule has 0 saturated heterocycles. The van der Waals surface area contributed by atoms with Gasteiger partial charge in [0.1, 0.15) is 22.8 Å². The van der Waals surface area contributed by atoms with Gasteiger partial charge in [0.2, 0.25) is 0 Å². The summed E-state index contributed by atoms with van der Waals surface area (Å²) in [5.74, 6) is 3.11. The van der Waals surface area contributed by atoms with Crippen LogP contribution in [0.5, 0.6) is 23.0 Å². The lowest BCUT2D eigenvalue weighted by Crippen LogP contribution is -2.44. The molecule has 276 valence electrons. The maximum atomic E-state index is 7.80. The second kappa shape index (κ2) is 11.7. The van der Waals surface area contributed by atoms with Gasteiger partial charge in [0.05, 0.1) is 21.3 Å². The molecule has 0 bridgehead atoms. The van der Waals surface area contributed by atoms with E-state index in [0.717, 1.165) is 85.9 Å². The molecule has 1 spiro atoms. The van der Waals surface area contributed by atoms with Crippen LogP contribution in [0.4, 0.5) is 0 Å². The molecule has 3 aliphatic rings. The first-order chi connectivity index (χ1) is 26.5. The molecule has 10 rings (SSSR count). The monoisotopic (exact) mass is 726 g/mol. The number of rotatable bonds is 5. The molecular formula is C50H46O5. The van der Waals surface area contributed by atoms with Gasteiger partial charge in [-0.1, -0.05) is 101 Å². The number of ether oxygens (including phenoxy) is 4. The van der Waals surface area contributed by atoms with Crippen molar-refractivity contribution >= 4 is 38.8 Å². The van der Waals surface area contributed by atoms with E-state index in [9.17, 15) is 0 Å². The third-order valence-electron chi connectivity index (χ3n) is 12.6. The summed E-state index contributed by atoms with van der Waals surface area (Å²) in [7, 11) is 5.12. The van der Waals surface area contributed by atoms with Crippen LogP contribution in [0.15, 0.2) is 114 Å². The number of furan rings is 1. The van der Waals surface area contributed by atoms with Crippen molar-refractivity contribution < 1.29 is 23.4 Å². The van der Waals surface area contributed by atoms with Gasteiger partial charge < -0.3 is 23.4 Å². The zero-order chi connectivity index (χ0) is 37.9. The van der Waals surface area contributed by atoms with Crippen LogP contribution in [0, 0.1) is 10.8 Å². The number of fused-ring (bicyclic) bond motifs is 14. The number of benzene rings is 6. The Morgan fingerprint density at radius 3 is 1.87 bits per heavy atom. The van der Waals surface area contributed by atoms with Crippen molar-refractivity contribution in [1.82, 2.24) is 0 Å². The van der Waals surface area contributed by atoms with Gasteiger partial charge >= 0.3 is 0 Å². The van der Waals surface area contributed by atoms with Crippen LogP contribution in [0.2, 0.25) is 0 Å². The standard InChI is InChI=1S/C50H46O5/c1-47(2)27-48(3,4)29-49(28-47)38-14-10-8-12-34(38)42-41-37(26-40(53-7)46-43(41)35-13-9-11-15-39(35)54-46)45-36(44(42)49)24-25-50(55-45,30-16-20-32(51-5)21-17-30)31-18-22-33(52-6)23-19-31/h8-26H,27-29H2,1-7H3. The number of para-hydroxylation sites is 1. The molecule has 1 aromatic heterocycles. The first kappa shape index (κ1) is 33.9. The quantitative estimate of drug-likeness (QED) is 0.177. The highest BCUT2D eigenvalue weighted by molar-refractivity contribution is 6.27. The summed E-state index contributed by atoms with van der Waals surface area (Å²) in [5, 5.41) is 4.27. The fourth-order valence-electron chi connectivity index (χ4n) is 11.3. The van der Waals surface area contributed by atoms with E-state index in [-0.39, 0.29) is 16.2 Å². The Bertz CT molecular complexity index is 2650. The maximum Gasteiger partial charge on any atom is 0.178 e. The number of hydrogen-bond acceptors (Lipinski definition) is 5. The minimum Gasteiger partial charge on any atom is -0.497 e. The van der Waals surface area contributed by atoms with Crippen LogP contribution >= 0.6 is 0 Å². The van der Waals surface area contributed by atoms with Crippen LogP contribution < -0.4 is 18.9 Å². The number of hydrogen-bond donors (Lipinski definition) is 0. The molecule has 0 radical (unpaired) electrons. The highest BCUT2D eigenvalue weighted by Crippen LogP contribution is 2.67. The first-order valence-electron chi connectivity index (χ1n) is 19.3. The molecule has 2 aliphatic carbocycles. The van der Waals surface area contributed by atoms with Gasteiger partial charge in [0.15, 0.2) is 16.9 Å². The molecule has 1 aliphatic heterocycles. The minimum atomic E-state index is -0.961. The Morgan fingerprint density at radius 1 is 0.618 bits per heavy atom. The molecule has 0 N–H and O–H groups in total. The van der Waals surface area contributed by atoms with Crippen molar-refractivity contribution in [3.8, 4) is 34.1 Å². The SMILES string of the molecule is COc1ccc(C2(c3ccc(OC)cc3)C=Cc3c4c(c5c(cc(OC)c6oc7ccccc7c65)c3O2)-c2ccccc2C42CC(C)(C)CC(C)(C)C2)cc1. The van der Waals surface area contributed by atoms with Crippen molar-refractivity contribution in [3.05, 3.63) is 137 Å². The Hall–Kier alpha value is -5.68. The molecule has 0 atom stereocenters. The molecule has 7 aromatic rings. The largest absolute Gasteiger partial charge is 0.497 e. The molecule has 1 saturated carbocycles. The third kappa shape index (κ3) is 4.78. The van der Waals surface area contributed by atoms with E-state index < -0.39 is 5.60 Å². The van der Waals surface area contributed by atoms with Crippen LogP contribution in [0.3, 0.4) is 0 Å². The van der Waals surface area contributed by atoms with Crippen molar-refractivity contribution in [1.29, 1.82) is 0 Å². The van der Waals surface area contributed by atoms with Crippen LogP contribution in [-0.4, -0.2) is 21.3 Å². The summed E-state index contributed by atoms with van der Waals surface area (Å²) in [4.78, 5) is 0. The molecule has 5 heteroatoms. The van der Waals surface area contributed by atoms with Crippen molar-refractivity contribution in [2.24, 2.45) is 10.8 Å². The minimum absolute atomic E-state index is 0.102. The van der Waals surface area contributed by atoms with Crippen molar-refractivity contribution in [2.75, 3.05) is 21.3 Å². The molecule has 5 nitrogen and oxygen atoms in total. The molecule has 55 heavy (non-hydrogen) atoms. The van der Waals surface area contributed by atoms with Crippen LogP contribution in [0.1, 0.15) is 74.8 Å². The summed E-state index contributed by atoms with van der Waals surface area (Å²) >= 11 is 0. The highest BCUT2D eigenvalue weighted by Gasteiger charge is 2.55. The van der Waals surface area contributed by atoms with E-state index >= 15 is 0 Å². The van der Waals surface area contributed by atoms with Crippen molar-refractivity contribution in [3.63, 3.8) is 0 Å². The molecular weight excluding hydrogens is 681 g/mol. The average molecular weight is 727 g/mol. The maximum absolute atomic E-state index is 7.80. The fourth-order valence-corrected chi connectivity index (χ4v) is 11.3. The topological polar surface area (TPSA) is 50.1 Å². The average Bonchev–Trinajstić information content (AvgIpc) is 3.70. The summed E-state index contributed by atoms with van der Waals surface area (Å²) < 4.78 is 31.9. The van der Waals surface area contributed by atoms with E-state index in [0.29, 0.717) is 5.75 Å². The van der Waals surface area contributed by atoms with E-state index in [2.05, 4.69) is 113 Å². The second-order valence-electron chi connectivity index (χ2n) is 17.4. The summed E-state index contributed by atoms with van der Waals surface area (Å²) in [6.07, 6.45) is 7.86. The van der Waals surface area contributed by atoms with Crippen LogP contribution in [-0.2, 0) is 11.0 Å². The Morgan fingerprint density at radius 2 is 1.24 bits per heavy atom. The van der Waals surface area contributed by atoms with Crippen molar-refractivity contribution in [2.45, 2.75) is 58.0 Å². The Labute approximate surface area is 322 Å². The first-order valence-corrected chi connectivity index (χ1v) is 19.3.